The maximum absolute atomic E-state index is 9.84. The molecule has 0 aromatic carbocycles. The quantitative estimate of drug-likeness (QED) is 0.735. The Kier molecular flexibility index (Phi) is 5.51. The minimum atomic E-state index is -1.72. The van der Waals surface area contributed by atoms with E-state index in [9.17, 15) is 5.11 Å². The molecule has 0 aliphatic heterocycles. The van der Waals surface area contributed by atoms with Gasteiger partial charge in [-0.3, -0.25) is 0 Å². The number of hydrogen-bond donors (Lipinski definition) is 1. The summed E-state index contributed by atoms with van der Waals surface area (Å²) >= 11 is 0. The van der Waals surface area contributed by atoms with Crippen molar-refractivity contribution in [2.75, 3.05) is 0 Å². The summed E-state index contributed by atoms with van der Waals surface area (Å²) in [5, 5.41) is 10.1. The second kappa shape index (κ2) is 5.46. The molecule has 0 bridgehead atoms. The number of hydrogen-bond acceptors (Lipinski definition) is 2. The summed E-state index contributed by atoms with van der Waals surface area (Å²) in [4.78, 5) is 0. The average Bonchev–Trinajstić information content (AvgIpc) is 2.01. The third-order valence-corrected chi connectivity index (χ3v) is 7.99. The normalized spacial score (nSPS) is 17.6. The van der Waals surface area contributed by atoms with Crippen molar-refractivity contribution in [1.82, 2.24) is 0 Å². The molecule has 0 fully saturated rings. The van der Waals surface area contributed by atoms with Crippen LogP contribution in [0.2, 0.25) is 18.1 Å². The molecule has 0 aliphatic rings. The molecule has 0 radical (unpaired) electrons. The standard InChI is InChI=1S/C12H28O2Si/c1-8-9-11(13)10(2)14-15(6,7)12(3,4)5/h10-11,13H,8-9H2,1-7H3. The smallest absolute Gasteiger partial charge is 0.192 e. The Hall–Kier alpha value is 0.137. The van der Waals surface area contributed by atoms with Crippen molar-refractivity contribution in [2.45, 2.75) is 77.8 Å². The van der Waals surface area contributed by atoms with Crippen molar-refractivity contribution in [2.24, 2.45) is 0 Å². The van der Waals surface area contributed by atoms with E-state index in [0.29, 0.717) is 0 Å². The fourth-order valence-corrected chi connectivity index (χ4v) is 2.69. The van der Waals surface area contributed by atoms with Crippen LogP contribution in [-0.2, 0) is 4.43 Å². The Balaban J connectivity index is 4.33. The van der Waals surface area contributed by atoms with Crippen LogP contribution in [0.1, 0.15) is 47.5 Å². The van der Waals surface area contributed by atoms with Gasteiger partial charge in [0.2, 0.25) is 0 Å². The van der Waals surface area contributed by atoms with Crippen LogP contribution >= 0.6 is 0 Å². The summed E-state index contributed by atoms with van der Waals surface area (Å²) in [5.74, 6) is 0. The molecule has 0 spiro atoms. The molecule has 15 heavy (non-hydrogen) atoms. The zero-order valence-corrected chi connectivity index (χ0v) is 12.4. The monoisotopic (exact) mass is 232 g/mol. The zero-order valence-electron chi connectivity index (χ0n) is 11.4. The Bertz CT molecular complexity index is 185. The van der Waals surface area contributed by atoms with Gasteiger partial charge in [-0.2, -0.15) is 0 Å². The lowest BCUT2D eigenvalue weighted by atomic mass is 10.1. The second-order valence-electron chi connectivity index (χ2n) is 5.94. The van der Waals surface area contributed by atoms with Crippen LogP contribution in [0.15, 0.2) is 0 Å². The SMILES string of the molecule is CCCC(O)C(C)O[Si](C)(C)C(C)(C)C. The van der Waals surface area contributed by atoms with E-state index in [1.54, 1.807) is 0 Å². The van der Waals surface area contributed by atoms with Crippen LogP contribution in [0.25, 0.3) is 0 Å². The van der Waals surface area contributed by atoms with Gasteiger partial charge in [-0.25, -0.2) is 0 Å². The fraction of sp³-hybridized carbons (Fsp3) is 1.00. The predicted octanol–water partition coefficient (Wildman–Crippen LogP) is 3.56. The van der Waals surface area contributed by atoms with Crippen molar-refractivity contribution in [3.8, 4) is 0 Å². The van der Waals surface area contributed by atoms with Crippen molar-refractivity contribution in [3.05, 3.63) is 0 Å². The first-order valence-corrected chi connectivity index (χ1v) is 8.88. The molecule has 0 heterocycles. The molecule has 2 atom stereocenters. The third-order valence-electron chi connectivity index (χ3n) is 3.41. The zero-order chi connectivity index (χ0) is 12.3. The minimum Gasteiger partial charge on any atom is -0.412 e. The molecular formula is C12H28O2Si. The molecule has 0 aromatic rings. The lowest BCUT2D eigenvalue weighted by Gasteiger charge is -2.39. The molecule has 1 N–H and O–H groups in total. The van der Waals surface area contributed by atoms with Crippen LogP contribution in [0.4, 0.5) is 0 Å². The molecule has 3 heteroatoms. The van der Waals surface area contributed by atoms with E-state index in [-0.39, 0.29) is 17.2 Å². The van der Waals surface area contributed by atoms with Gasteiger partial charge in [0.25, 0.3) is 0 Å². The maximum atomic E-state index is 9.84. The van der Waals surface area contributed by atoms with Crippen molar-refractivity contribution < 1.29 is 9.53 Å². The first kappa shape index (κ1) is 15.1. The van der Waals surface area contributed by atoms with Gasteiger partial charge >= 0.3 is 0 Å². The van der Waals surface area contributed by atoms with Crippen molar-refractivity contribution in [3.63, 3.8) is 0 Å². The molecule has 0 aromatic heterocycles. The van der Waals surface area contributed by atoms with Crippen LogP contribution in [0, 0.1) is 0 Å². The summed E-state index contributed by atoms with van der Waals surface area (Å²) in [7, 11) is -1.72. The van der Waals surface area contributed by atoms with Gasteiger partial charge in [-0.15, -0.1) is 0 Å². The van der Waals surface area contributed by atoms with Gasteiger partial charge < -0.3 is 9.53 Å². The Labute approximate surface area is 96.2 Å². The molecule has 2 nitrogen and oxygen atoms in total. The lowest BCUT2D eigenvalue weighted by molar-refractivity contribution is 0.0330. The van der Waals surface area contributed by atoms with Crippen LogP contribution in [0.3, 0.4) is 0 Å². The van der Waals surface area contributed by atoms with E-state index in [4.69, 9.17) is 4.43 Å². The van der Waals surface area contributed by atoms with Crippen molar-refractivity contribution in [1.29, 1.82) is 0 Å². The van der Waals surface area contributed by atoms with E-state index in [0.717, 1.165) is 12.8 Å². The van der Waals surface area contributed by atoms with Gasteiger partial charge in [0.05, 0.1) is 12.2 Å². The van der Waals surface area contributed by atoms with E-state index < -0.39 is 8.32 Å². The van der Waals surface area contributed by atoms with Gasteiger partial charge in [0.1, 0.15) is 0 Å². The number of aliphatic hydroxyl groups is 1. The highest BCUT2D eigenvalue weighted by atomic mass is 28.4. The summed E-state index contributed by atoms with van der Waals surface area (Å²) in [6.07, 6.45) is 1.48. The molecule has 2 unspecified atom stereocenters. The molecule has 0 rings (SSSR count). The summed E-state index contributed by atoms with van der Waals surface area (Å²) in [6.45, 7) is 15.2. The highest BCUT2D eigenvalue weighted by molar-refractivity contribution is 6.74. The molecule has 0 saturated carbocycles. The highest BCUT2D eigenvalue weighted by Gasteiger charge is 2.39. The molecule has 0 aliphatic carbocycles. The lowest BCUT2D eigenvalue weighted by Crippen LogP contribution is -2.46. The van der Waals surface area contributed by atoms with Crippen LogP contribution in [-0.4, -0.2) is 25.6 Å². The summed E-state index contributed by atoms with van der Waals surface area (Å²) < 4.78 is 6.11. The molecule has 0 amide bonds. The summed E-state index contributed by atoms with van der Waals surface area (Å²) in [5.41, 5.74) is 0. The molecule has 92 valence electrons. The van der Waals surface area contributed by atoms with E-state index in [1.165, 1.54) is 0 Å². The fourth-order valence-electron chi connectivity index (χ4n) is 1.25. The topological polar surface area (TPSA) is 29.5 Å². The van der Waals surface area contributed by atoms with Gasteiger partial charge in [-0.1, -0.05) is 34.1 Å². The van der Waals surface area contributed by atoms with E-state index in [1.807, 2.05) is 6.92 Å². The Morgan fingerprint density at radius 3 is 2.07 bits per heavy atom. The number of aliphatic hydroxyl groups excluding tert-OH is 1. The first-order chi connectivity index (χ1) is 6.62. The van der Waals surface area contributed by atoms with Gasteiger partial charge in [0, 0.05) is 0 Å². The first-order valence-electron chi connectivity index (χ1n) is 5.97. The Morgan fingerprint density at radius 2 is 1.73 bits per heavy atom. The van der Waals surface area contributed by atoms with E-state index >= 15 is 0 Å². The summed E-state index contributed by atoms with van der Waals surface area (Å²) in [6, 6.07) is 0. The average molecular weight is 232 g/mol. The van der Waals surface area contributed by atoms with E-state index in [2.05, 4.69) is 40.8 Å². The van der Waals surface area contributed by atoms with Crippen molar-refractivity contribution >= 4 is 8.32 Å². The minimum absolute atomic E-state index is 0.0363. The molecular weight excluding hydrogens is 204 g/mol. The Morgan fingerprint density at radius 1 is 1.27 bits per heavy atom. The van der Waals surface area contributed by atoms with Gasteiger partial charge in [0.15, 0.2) is 8.32 Å². The number of rotatable bonds is 5. The predicted molar refractivity (Wildman–Crippen MR) is 68.7 cm³/mol. The van der Waals surface area contributed by atoms with Gasteiger partial charge in [-0.05, 0) is 31.5 Å². The second-order valence-corrected chi connectivity index (χ2v) is 10.7. The van der Waals surface area contributed by atoms with Crippen LogP contribution < -0.4 is 0 Å². The third kappa shape index (κ3) is 4.66. The highest BCUT2D eigenvalue weighted by Crippen LogP contribution is 2.37. The largest absolute Gasteiger partial charge is 0.412 e. The molecule has 0 saturated heterocycles. The van der Waals surface area contributed by atoms with Crippen LogP contribution in [0.5, 0.6) is 0 Å². The maximum Gasteiger partial charge on any atom is 0.192 e.